The first-order chi connectivity index (χ1) is 12.9. The molecule has 0 radical (unpaired) electrons. The number of carbonyl (C=O) groups is 1. The summed E-state index contributed by atoms with van der Waals surface area (Å²) >= 11 is 0. The molecule has 7 heteroatoms. The number of aryl methyl sites for hydroxylation is 2. The first-order valence-electron chi connectivity index (χ1n) is 8.24. The van der Waals surface area contributed by atoms with Gasteiger partial charge in [0.05, 0.1) is 23.5 Å². The summed E-state index contributed by atoms with van der Waals surface area (Å²) in [5.74, 6) is -1.31. The number of nitrogens with zero attached hydrogens (tertiary/aromatic N) is 2. The van der Waals surface area contributed by atoms with Crippen molar-refractivity contribution in [3.05, 3.63) is 77.1 Å². The van der Waals surface area contributed by atoms with E-state index in [1.165, 1.54) is 6.07 Å². The van der Waals surface area contributed by atoms with Crippen LogP contribution in [0.2, 0.25) is 0 Å². The van der Waals surface area contributed by atoms with Gasteiger partial charge in [0.25, 0.3) is 0 Å². The lowest BCUT2D eigenvalue weighted by Gasteiger charge is -2.12. The second kappa shape index (κ2) is 7.90. The summed E-state index contributed by atoms with van der Waals surface area (Å²) in [6.45, 7) is 3.42. The molecule has 0 saturated heterocycles. The van der Waals surface area contributed by atoms with E-state index >= 15 is 0 Å². The van der Waals surface area contributed by atoms with Gasteiger partial charge in [-0.05, 0) is 37.6 Å². The molecule has 0 fully saturated rings. The van der Waals surface area contributed by atoms with Gasteiger partial charge in [-0.25, -0.2) is 8.78 Å². The second-order valence-electron chi connectivity index (χ2n) is 5.93. The molecule has 0 bridgehead atoms. The van der Waals surface area contributed by atoms with Gasteiger partial charge in [0.2, 0.25) is 5.91 Å². The number of hydrogen-bond donors (Lipinski definition) is 1. The normalized spacial score (nSPS) is 10.5. The van der Waals surface area contributed by atoms with Crippen LogP contribution in [0, 0.1) is 25.5 Å². The molecule has 0 saturated carbocycles. The molecule has 0 spiro atoms. The van der Waals surface area contributed by atoms with Crippen molar-refractivity contribution in [3.63, 3.8) is 0 Å². The summed E-state index contributed by atoms with van der Waals surface area (Å²) in [5, 5.41) is 2.68. The molecule has 1 aromatic heterocycles. The summed E-state index contributed by atoms with van der Waals surface area (Å²) in [6, 6.07) is 12.4. The van der Waals surface area contributed by atoms with Crippen LogP contribution in [0.3, 0.4) is 0 Å². The Morgan fingerprint density at radius 3 is 2.33 bits per heavy atom. The molecule has 3 rings (SSSR count). The first-order valence-corrected chi connectivity index (χ1v) is 8.24. The average Bonchev–Trinajstić information content (AvgIpc) is 2.61. The van der Waals surface area contributed by atoms with Crippen LogP contribution < -0.4 is 10.1 Å². The van der Waals surface area contributed by atoms with Crippen LogP contribution in [0.25, 0.3) is 0 Å². The molecule has 0 unspecified atom stereocenters. The molecular weight excluding hydrogens is 352 g/mol. The summed E-state index contributed by atoms with van der Waals surface area (Å²) in [6.07, 6.45) is -0.229. The molecule has 1 heterocycles. The molecule has 138 valence electrons. The van der Waals surface area contributed by atoms with Gasteiger partial charge in [-0.3, -0.25) is 4.79 Å². The van der Waals surface area contributed by atoms with Crippen molar-refractivity contribution < 1.29 is 18.3 Å². The van der Waals surface area contributed by atoms with E-state index in [1.54, 1.807) is 26.0 Å². The minimum absolute atomic E-state index is 0.106. The smallest absolute Gasteiger partial charge is 0.322 e. The molecule has 3 aromatic rings. The molecule has 27 heavy (non-hydrogen) atoms. The van der Waals surface area contributed by atoms with E-state index in [-0.39, 0.29) is 18.0 Å². The third-order valence-corrected chi connectivity index (χ3v) is 3.83. The number of nitrogens with one attached hydrogen (secondary N) is 1. The van der Waals surface area contributed by atoms with E-state index in [0.29, 0.717) is 22.8 Å². The fourth-order valence-electron chi connectivity index (χ4n) is 2.53. The van der Waals surface area contributed by atoms with Gasteiger partial charge in [-0.15, -0.1) is 0 Å². The lowest BCUT2D eigenvalue weighted by atomic mass is 10.1. The number of rotatable bonds is 5. The lowest BCUT2D eigenvalue weighted by Crippen LogP contribution is -2.18. The van der Waals surface area contributed by atoms with Crippen molar-refractivity contribution in [1.82, 2.24) is 9.97 Å². The zero-order valence-corrected chi connectivity index (χ0v) is 14.8. The van der Waals surface area contributed by atoms with Crippen LogP contribution in [0.1, 0.15) is 17.0 Å². The Hall–Kier alpha value is -3.35. The van der Waals surface area contributed by atoms with Crippen LogP contribution >= 0.6 is 0 Å². The maximum Gasteiger partial charge on any atom is 0.322 e. The van der Waals surface area contributed by atoms with E-state index in [9.17, 15) is 13.6 Å². The predicted octanol–water partition coefficient (Wildman–Crippen LogP) is 4.35. The van der Waals surface area contributed by atoms with E-state index in [1.807, 2.05) is 18.2 Å². The molecule has 0 aliphatic heterocycles. The predicted molar refractivity (Wildman–Crippen MR) is 96.7 cm³/mol. The number of hydrogen-bond acceptors (Lipinski definition) is 4. The van der Waals surface area contributed by atoms with Gasteiger partial charge in [0.1, 0.15) is 17.4 Å². The number of aromatic nitrogens is 2. The van der Waals surface area contributed by atoms with Gasteiger partial charge < -0.3 is 10.1 Å². The zero-order valence-electron chi connectivity index (χ0n) is 14.8. The van der Waals surface area contributed by atoms with Crippen molar-refractivity contribution in [1.29, 1.82) is 0 Å². The lowest BCUT2D eigenvalue weighted by molar-refractivity contribution is -0.115. The third-order valence-electron chi connectivity index (χ3n) is 3.83. The van der Waals surface area contributed by atoms with Gasteiger partial charge in [-0.1, -0.05) is 24.3 Å². The largest absolute Gasteiger partial charge is 0.424 e. The SMILES string of the molecule is Cc1nc(Oc2ccccc2)nc(C)c1NC(=O)Cc1ccc(F)cc1F. The van der Waals surface area contributed by atoms with E-state index < -0.39 is 17.5 Å². The number of carbonyl (C=O) groups excluding carboxylic acids is 1. The fraction of sp³-hybridized carbons (Fsp3) is 0.150. The van der Waals surface area contributed by atoms with Crippen LogP contribution in [-0.2, 0) is 11.2 Å². The highest BCUT2D eigenvalue weighted by molar-refractivity contribution is 5.93. The zero-order chi connectivity index (χ0) is 19.4. The Labute approximate surface area is 155 Å². The molecule has 2 aromatic carbocycles. The van der Waals surface area contributed by atoms with Gasteiger partial charge in [0.15, 0.2) is 0 Å². The summed E-state index contributed by atoms with van der Waals surface area (Å²) in [5.41, 5.74) is 1.57. The maximum absolute atomic E-state index is 13.7. The third kappa shape index (κ3) is 4.63. The number of benzene rings is 2. The number of ether oxygens (including phenoxy) is 1. The molecule has 0 aliphatic rings. The minimum atomic E-state index is -0.763. The van der Waals surface area contributed by atoms with Gasteiger partial charge in [-0.2, -0.15) is 9.97 Å². The van der Waals surface area contributed by atoms with Crippen LogP contribution in [-0.4, -0.2) is 15.9 Å². The Morgan fingerprint density at radius 1 is 1.04 bits per heavy atom. The minimum Gasteiger partial charge on any atom is -0.424 e. The van der Waals surface area contributed by atoms with E-state index in [2.05, 4.69) is 15.3 Å². The van der Waals surface area contributed by atoms with Gasteiger partial charge >= 0.3 is 6.01 Å². The molecule has 0 atom stereocenters. The quantitative estimate of drug-likeness (QED) is 0.726. The molecule has 1 N–H and O–H groups in total. The fourth-order valence-corrected chi connectivity index (χ4v) is 2.53. The molecular formula is C20H17F2N3O2. The van der Waals surface area contributed by atoms with Gasteiger partial charge in [0, 0.05) is 6.07 Å². The highest BCUT2D eigenvalue weighted by Crippen LogP contribution is 2.23. The Bertz CT molecular complexity index is 955. The number of amides is 1. The highest BCUT2D eigenvalue weighted by Gasteiger charge is 2.15. The monoisotopic (exact) mass is 369 g/mol. The first kappa shape index (κ1) is 18.4. The van der Waals surface area contributed by atoms with E-state index in [4.69, 9.17) is 4.74 Å². The Kier molecular flexibility index (Phi) is 5.40. The van der Waals surface area contributed by atoms with E-state index in [0.717, 1.165) is 12.1 Å². The highest BCUT2D eigenvalue weighted by atomic mass is 19.1. The second-order valence-corrected chi connectivity index (χ2v) is 5.93. The molecule has 5 nitrogen and oxygen atoms in total. The van der Waals surface area contributed by atoms with Crippen LogP contribution in [0.5, 0.6) is 11.8 Å². The van der Waals surface area contributed by atoms with Crippen molar-refractivity contribution in [3.8, 4) is 11.8 Å². The average molecular weight is 369 g/mol. The van der Waals surface area contributed by atoms with Crippen molar-refractivity contribution in [2.45, 2.75) is 20.3 Å². The Balaban J connectivity index is 1.73. The number of anilines is 1. The molecule has 0 aliphatic carbocycles. The van der Waals surface area contributed by atoms with Crippen molar-refractivity contribution in [2.75, 3.05) is 5.32 Å². The number of para-hydroxylation sites is 1. The standard InChI is InChI=1S/C20H17F2N3O2/c1-12-19(25-18(26)10-14-8-9-15(21)11-17(14)22)13(2)24-20(23-12)27-16-6-4-3-5-7-16/h3-9,11H,10H2,1-2H3,(H,25,26). The topological polar surface area (TPSA) is 64.1 Å². The molecule has 1 amide bonds. The summed E-state index contributed by atoms with van der Waals surface area (Å²) in [4.78, 5) is 20.7. The van der Waals surface area contributed by atoms with Crippen LogP contribution in [0.4, 0.5) is 14.5 Å². The van der Waals surface area contributed by atoms with Crippen molar-refractivity contribution >= 4 is 11.6 Å². The Morgan fingerprint density at radius 2 is 1.70 bits per heavy atom. The number of halogens is 2. The summed E-state index contributed by atoms with van der Waals surface area (Å²) < 4.78 is 32.3. The van der Waals surface area contributed by atoms with Crippen LogP contribution in [0.15, 0.2) is 48.5 Å². The summed E-state index contributed by atoms with van der Waals surface area (Å²) in [7, 11) is 0. The maximum atomic E-state index is 13.7. The van der Waals surface area contributed by atoms with Crippen molar-refractivity contribution in [2.24, 2.45) is 0 Å².